The van der Waals surface area contributed by atoms with E-state index < -0.39 is 0 Å². The Kier molecular flexibility index (Phi) is 3.69. The zero-order chi connectivity index (χ0) is 13.9. The van der Waals surface area contributed by atoms with E-state index in [1.165, 1.54) is 6.33 Å². The van der Waals surface area contributed by atoms with E-state index in [-0.39, 0.29) is 4.83 Å². The van der Waals surface area contributed by atoms with Gasteiger partial charge in [-0.1, -0.05) is 34.1 Å². The summed E-state index contributed by atoms with van der Waals surface area (Å²) in [5.41, 5.74) is 2.94. The predicted octanol–water partition coefficient (Wildman–Crippen LogP) is 3.91. The van der Waals surface area contributed by atoms with E-state index in [2.05, 4.69) is 32.0 Å². The number of ether oxygens (including phenoxy) is 1. The van der Waals surface area contributed by atoms with Crippen molar-refractivity contribution in [2.75, 3.05) is 7.11 Å². The van der Waals surface area contributed by atoms with Crippen LogP contribution in [-0.2, 0) is 6.42 Å². The first-order valence-electron chi connectivity index (χ1n) is 6.23. The van der Waals surface area contributed by atoms with Gasteiger partial charge in [-0.2, -0.15) is 0 Å². The summed E-state index contributed by atoms with van der Waals surface area (Å²) in [6.45, 7) is 0. The van der Waals surface area contributed by atoms with Crippen molar-refractivity contribution in [2.24, 2.45) is 0 Å². The van der Waals surface area contributed by atoms with Gasteiger partial charge < -0.3 is 9.15 Å². The van der Waals surface area contributed by atoms with Gasteiger partial charge in [0, 0.05) is 34.0 Å². The molecule has 1 unspecified atom stereocenters. The number of nitrogens with zero attached hydrogens (tertiary/aromatic N) is 2. The van der Waals surface area contributed by atoms with E-state index in [1.807, 2.05) is 24.3 Å². The lowest BCUT2D eigenvalue weighted by Gasteiger charge is -2.08. The maximum absolute atomic E-state index is 5.57. The summed E-state index contributed by atoms with van der Waals surface area (Å²) in [5, 5.41) is 1.12. The molecule has 0 radical (unpaired) electrons. The fraction of sp³-hybridized carbons (Fsp3) is 0.200. The summed E-state index contributed by atoms with van der Waals surface area (Å²) < 4.78 is 10.7. The molecule has 0 aliphatic heterocycles. The highest BCUT2D eigenvalue weighted by molar-refractivity contribution is 9.09. The molecule has 2 aromatic heterocycles. The summed E-state index contributed by atoms with van der Waals surface area (Å²) in [5.74, 6) is 0.576. The van der Waals surface area contributed by atoms with Gasteiger partial charge in [-0.3, -0.25) is 0 Å². The van der Waals surface area contributed by atoms with Gasteiger partial charge in [0.25, 0.3) is 0 Å². The predicted molar refractivity (Wildman–Crippen MR) is 80.2 cm³/mol. The van der Waals surface area contributed by atoms with E-state index in [1.54, 1.807) is 13.4 Å². The summed E-state index contributed by atoms with van der Waals surface area (Å²) in [4.78, 5) is 8.41. The van der Waals surface area contributed by atoms with Crippen LogP contribution in [0.4, 0.5) is 0 Å². The number of alkyl halides is 1. The molecule has 0 aliphatic carbocycles. The molecular formula is C15H13BrN2O2. The van der Waals surface area contributed by atoms with Gasteiger partial charge in [0.2, 0.25) is 5.88 Å². The quantitative estimate of drug-likeness (QED) is 0.679. The van der Waals surface area contributed by atoms with Crippen molar-refractivity contribution in [3.63, 3.8) is 0 Å². The van der Waals surface area contributed by atoms with Crippen LogP contribution < -0.4 is 4.74 Å². The Morgan fingerprint density at radius 3 is 3.00 bits per heavy atom. The minimum atomic E-state index is 0.130. The molecule has 1 atom stereocenters. The second-order valence-corrected chi connectivity index (χ2v) is 5.52. The smallest absolute Gasteiger partial charge is 0.216 e. The minimum absolute atomic E-state index is 0.130. The van der Waals surface area contributed by atoms with Crippen molar-refractivity contribution in [1.29, 1.82) is 0 Å². The summed E-state index contributed by atoms with van der Waals surface area (Å²) in [6.07, 6.45) is 4.05. The molecule has 0 N–H and O–H groups in total. The van der Waals surface area contributed by atoms with Crippen LogP contribution in [-0.4, -0.2) is 17.1 Å². The standard InChI is InChI=1S/C15H13BrN2O2/c1-19-15-7-10(17-9-18-15)6-13(16)12-8-20-14-5-3-2-4-11(12)14/h2-5,7-9,13H,6H2,1H3. The Balaban J connectivity index is 1.87. The SMILES string of the molecule is COc1cc(CC(Br)c2coc3ccccc23)ncn1. The summed E-state index contributed by atoms with van der Waals surface area (Å²) in [6, 6.07) is 9.84. The molecule has 0 aliphatic rings. The second-order valence-electron chi connectivity index (χ2n) is 4.41. The molecule has 3 aromatic rings. The van der Waals surface area contributed by atoms with E-state index in [9.17, 15) is 0 Å². The lowest BCUT2D eigenvalue weighted by atomic mass is 10.1. The molecule has 3 rings (SSSR count). The van der Waals surface area contributed by atoms with E-state index in [0.717, 1.165) is 28.6 Å². The van der Waals surface area contributed by atoms with E-state index in [4.69, 9.17) is 9.15 Å². The molecule has 102 valence electrons. The molecule has 2 heterocycles. The Hall–Kier alpha value is -1.88. The first-order valence-corrected chi connectivity index (χ1v) is 7.14. The van der Waals surface area contributed by atoms with Gasteiger partial charge in [-0.05, 0) is 6.07 Å². The fourth-order valence-corrected chi connectivity index (χ4v) is 2.82. The van der Waals surface area contributed by atoms with Gasteiger partial charge in [-0.15, -0.1) is 0 Å². The van der Waals surface area contributed by atoms with Crippen LogP contribution >= 0.6 is 15.9 Å². The third-order valence-electron chi connectivity index (χ3n) is 3.14. The normalized spacial score (nSPS) is 12.5. The minimum Gasteiger partial charge on any atom is -0.481 e. The number of methoxy groups -OCH3 is 1. The largest absolute Gasteiger partial charge is 0.481 e. The van der Waals surface area contributed by atoms with Crippen molar-refractivity contribution in [3.8, 4) is 5.88 Å². The van der Waals surface area contributed by atoms with Crippen molar-refractivity contribution in [1.82, 2.24) is 9.97 Å². The first-order chi connectivity index (χ1) is 9.78. The van der Waals surface area contributed by atoms with Crippen LogP contribution in [0.3, 0.4) is 0 Å². The second kappa shape index (κ2) is 5.63. The van der Waals surface area contributed by atoms with Crippen molar-refractivity contribution >= 4 is 26.9 Å². The molecule has 1 aromatic carbocycles. The zero-order valence-corrected chi connectivity index (χ0v) is 12.5. The molecule has 0 bridgehead atoms. The molecule has 0 amide bonds. The topological polar surface area (TPSA) is 48.2 Å². The fourth-order valence-electron chi connectivity index (χ4n) is 2.13. The molecule has 4 nitrogen and oxygen atoms in total. The van der Waals surface area contributed by atoms with Gasteiger partial charge in [0.05, 0.1) is 13.4 Å². The Labute approximate surface area is 124 Å². The van der Waals surface area contributed by atoms with Crippen molar-refractivity contribution < 1.29 is 9.15 Å². The third-order valence-corrected chi connectivity index (χ3v) is 3.96. The Morgan fingerprint density at radius 2 is 2.15 bits per heavy atom. The Bertz CT molecular complexity index is 726. The van der Waals surface area contributed by atoms with Gasteiger partial charge >= 0.3 is 0 Å². The zero-order valence-electron chi connectivity index (χ0n) is 10.9. The highest BCUT2D eigenvalue weighted by Gasteiger charge is 2.15. The lowest BCUT2D eigenvalue weighted by molar-refractivity contribution is 0.396. The molecule has 20 heavy (non-hydrogen) atoms. The van der Waals surface area contributed by atoms with E-state index in [0.29, 0.717) is 5.88 Å². The molecular weight excluding hydrogens is 320 g/mol. The van der Waals surface area contributed by atoms with Gasteiger partial charge in [0.1, 0.15) is 11.9 Å². The Morgan fingerprint density at radius 1 is 1.30 bits per heavy atom. The maximum atomic E-state index is 5.57. The van der Waals surface area contributed by atoms with Crippen LogP contribution in [0.5, 0.6) is 5.88 Å². The monoisotopic (exact) mass is 332 g/mol. The number of hydrogen-bond acceptors (Lipinski definition) is 4. The maximum Gasteiger partial charge on any atom is 0.216 e. The highest BCUT2D eigenvalue weighted by atomic mass is 79.9. The lowest BCUT2D eigenvalue weighted by Crippen LogP contribution is -1.99. The number of para-hydroxylation sites is 1. The molecule has 0 saturated carbocycles. The summed E-state index contributed by atoms with van der Waals surface area (Å²) in [7, 11) is 1.60. The number of hydrogen-bond donors (Lipinski definition) is 0. The number of furan rings is 1. The van der Waals surface area contributed by atoms with Crippen molar-refractivity contribution in [3.05, 3.63) is 54.2 Å². The van der Waals surface area contributed by atoms with Crippen molar-refractivity contribution in [2.45, 2.75) is 11.2 Å². The number of benzene rings is 1. The molecule has 5 heteroatoms. The highest BCUT2D eigenvalue weighted by Crippen LogP contribution is 2.33. The number of rotatable bonds is 4. The molecule has 0 fully saturated rings. The van der Waals surface area contributed by atoms with Crippen LogP contribution in [0, 0.1) is 0 Å². The third kappa shape index (κ3) is 2.54. The summed E-state index contributed by atoms with van der Waals surface area (Å²) >= 11 is 3.71. The average molecular weight is 333 g/mol. The van der Waals surface area contributed by atoms with Crippen LogP contribution in [0.1, 0.15) is 16.1 Å². The number of aromatic nitrogens is 2. The molecule has 0 saturated heterocycles. The van der Waals surface area contributed by atoms with Gasteiger partial charge in [-0.25, -0.2) is 9.97 Å². The molecule has 0 spiro atoms. The van der Waals surface area contributed by atoms with E-state index >= 15 is 0 Å². The number of fused-ring (bicyclic) bond motifs is 1. The van der Waals surface area contributed by atoms with Crippen LogP contribution in [0.25, 0.3) is 11.0 Å². The first kappa shape index (κ1) is 13.1. The average Bonchev–Trinajstić information content (AvgIpc) is 2.91. The van der Waals surface area contributed by atoms with Gasteiger partial charge in [0.15, 0.2) is 0 Å². The number of halogens is 1. The van der Waals surface area contributed by atoms with Crippen LogP contribution in [0.2, 0.25) is 0 Å². The van der Waals surface area contributed by atoms with Crippen LogP contribution in [0.15, 0.2) is 47.3 Å².